The van der Waals surface area contributed by atoms with E-state index in [1.54, 1.807) is 23.7 Å². The molecule has 1 aliphatic rings. The van der Waals surface area contributed by atoms with E-state index in [0.717, 1.165) is 80.8 Å². The average Bonchev–Trinajstić information content (AvgIpc) is 3.73. The quantitative estimate of drug-likeness (QED) is 0.232. The summed E-state index contributed by atoms with van der Waals surface area (Å²) in [7, 11) is 0. The number of aromatic amines is 2. The molecule has 0 unspecified atom stereocenters. The van der Waals surface area contributed by atoms with Gasteiger partial charge in [0.05, 0.1) is 39.4 Å². The lowest BCUT2D eigenvalue weighted by Gasteiger charge is -2.20. The van der Waals surface area contributed by atoms with Gasteiger partial charge in [0.2, 0.25) is 5.91 Å². The summed E-state index contributed by atoms with van der Waals surface area (Å²) in [6, 6.07) is 14.0. The van der Waals surface area contributed by atoms with E-state index < -0.39 is 0 Å². The van der Waals surface area contributed by atoms with Gasteiger partial charge in [-0.2, -0.15) is 5.10 Å². The maximum atomic E-state index is 12.8. The zero-order chi connectivity index (χ0) is 25.5. The number of nitrogens with zero attached hydrogens (tertiary/aromatic N) is 4. The molecule has 0 bridgehead atoms. The summed E-state index contributed by atoms with van der Waals surface area (Å²) in [6.07, 6.45) is 10.7. The smallest absolute Gasteiger partial charge is 0.227 e. The number of carbonyl (C=O) groups excluding carboxylic acids is 1. The van der Waals surface area contributed by atoms with Crippen molar-refractivity contribution in [2.45, 2.75) is 32.1 Å². The number of anilines is 1. The fraction of sp³-hybridized carbons (Fsp3) is 0.207. The summed E-state index contributed by atoms with van der Waals surface area (Å²) in [5, 5.41) is 13.9. The van der Waals surface area contributed by atoms with Crippen LogP contribution in [0.2, 0.25) is 0 Å². The molecule has 0 radical (unpaired) electrons. The second-order valence-corrected chi connectivity index (χ2v) is 10.7. The zero-order valence-corrected chi connectivity index (χ0v) is 21.4. The average molecular weight is 520 g/mol. The molecule has 6 heterocycles. The first-order chi connectivity index (χ1) is 18.7. The first-order valence-corrected chi connectivity index (χ1v) is 13.7. The minimum atomic E-state index is 0.0828. The van der Waals surface area contributed by atoms with Gasteiger partial charge in [0.25, 0.3) is 0 Å². The molecule has 9 heteroatoms. The van der Waals surface area contributed by atoms with Crippen LogP contribution in [-0.4, -0.2) is 36.0 Å². The third kappa shape index (κ3) is 4.14. The van der Waals surface area contributed by atoms with Crippen molar-refractivity contribution in [3.05, 3.63) is 66.4 Å². The highest BCUT2D eigenvalue weighted by Crippen LogP contribution is 2.34. The van der Waals surface area contributed by atoms with E-state index in [4.69, 9.17) is 4.98 Å². The molecule has 38 heavy (non-hydrogen) atoms. The summed E-state index contributed by atoms with van der Waals surface area (Å²) in [5.41, 5.74) is 7.45. The Bertz CT molecular complexity index is 1760. The van der Waals surface area contributed by atoms with Crippen LogP contribution in [0.4, 0.5) is 5.69 Å². The maximum Gasteiger partial charge on any atom is 0.227 e. The van der Waals surface area contributed by atoms with Crippen LogP contribution in [0.15, 0.2) is 66.4 Å². The number of amides is 1. The van der Waals surface area contributed by atoms with Crippen LogP contribution in [0.3, 0.4) is 0 Å². The number of rotatable bonds is 5. The van der Waals surface area contributed by atoms with E-state index >= 15 is 0 Å². The Morgan fingerprint density at radius 2 is 1.92 bits per heavy atom. The van der Waals surface area contributed by atoms with Crippen LogP contribution < -0.4 is 5.32 Å². The standard InChI is InChI=1S/C29H25N7OS/c37-29(17-5-2-1-3-6-17)32-19-13-18(15-30-16-19)21-8-9-23-27(34-21)28(36-35-23)24-14-20-22(33-24)10-11-31-26(20)25-7-4-12-38-25/h4,7-17,33H,1-3,5-6H2,(H,32,37)(H,35,36). The molecule has 7 rings (SSSR count). The summed E-state index contributed by atoms with van der Waals surface area (Å²) in [5.74, 6) is 0.168. The third-order valence-electron chi connectivity index (χ3n) is 7.24. The number of fused-ring (bicyclic) bond motifs is 2. The van der Waals surface area contributed by atoms with E-state index in [9.17, 15) is 4.79 Å². The van der Waals surface area contributed by atoms with Crippen molar-refractivity contribution < 1.29 is 4.79 Å². The number of nitrogens with one attached hydrogen (secondary N) is 3. The summed E-state index contributed by atoms with van der Waals surface area (Å²) in [4.78, 5) is 31.3. The van der Waals surface area contributed by atoms with Gasteiger partial charge in [0.15, 0.2) is 0 Å². The molecule has 0 atom stereocenters. The van der Waals surface area contributed by atoms with Crippen molar-refractivity contribution in [3.8, 4) is 33.2 Å². The maximum absolute atomic E-state index is 12.8. The summed E-state index contributed by atoms with van der Waals surface area (Å²) < 4.78 is 0. The minimum absolute atomic E-state index is 0.0828. The second-order valence-electron chi connectivity index (χ2n) is 9.73. The van der Waals surface area contributed by atoms with Gasteiger partial charge in [-0.1, -0.05) is 25.3 Å². The third-order valence-corrected chi connectivity index (χ3v) is 8.12. The molecule has 0 aromatic carbocycles. The van der Waals surface area contributed by atoms with Gasteiger partial charge in [-0.15, -0.1) is 11.3 Å². The lowest BCUT2D eigenvalue weighted by molar-refractivity contribution is -0.120. The zero-order valence-electron chi connectivity index (χ0n) is 20.6. The van der Waals surface area contributed by atoms with Crippen LogP contribution in [0, 0.1) is 5.92 Å². The van der Waals surface area contributed by atoms with Crippen molar-refractivity contribution in [3.63, 3.8) is 0 Å². The molecule has 1 saturated carbocycles. The molecule has 0 saturated heterocycles. The van der Waals surface area contributed by atoms with E-state index in [0.29, 0.717) is 5.69 Å². The highest BCUT2D eigenvalue weighted by atomic mass is 32.1. The highest BCUT2D eigenvalue weighted by molar-refractivity contribution is 7.13. The topological polar surface area (TPSA) is 112 Å². The van der Waals surface area contributed by atoms with Crippen molar-refractivity contribution in [2.24, 2.45) is 5.92 Å². The van der Waals surface area contributed by atoms with Crippen molar-refractivity contribution in [1.82, 2.24) is 30.1 Å². The molecule has 6 aromatic heterocycles. The highest BCUT2D eigenvalue weighted by Gasteiger charge is 2.21. The van der Waals surface area contributed by atoms with E-state index in [1.807, 2.05) is 36.5 Å². The Morgan fingerprint density at radius 3 is 2.79 bits per heavy atom. The first-order valence-electron chi connectivity index (χ1n) is 12.9. The van der Waals surface area contributed by atoms with Crippen LogP contribution in [0.25, 0.3) is 55.2 Å². The van der Waals surface area contributed by atoms with Crippen LogP contribution >= 0.6 is 11.3 Å². The number of carbonyl (C=O) groups is 1. The lowest BCUT2D eigenvalue weighted by atomic mass is 9.88. The van der Waals surface area contributed by atoms with Gasteiger partial charge in [0, 0.05) is 34.8 Å². The number of thiophene rings is 1. The number of hydrogen-bond donors (Lipinski definition) is 3. The molecule has 0 spiro atoms. The molecule has 188 valence electrons. The summed E-state index contributed by atoms with van der Waals surface area (Å²) in [6.45, 7) is 0. The molecule has 3 N–H and O–H groups in total. The molecule has 0 aliphatic heterocycles. The first kappa shape index (κ1) is 22.8. The Hall–Kier alpha value is -4.37. The van der Waals surface area contributed by atoms with Gasteiger partial charge < -0.3 is 10.3 Å². The normalized spacial score (nSPS) is 14.3. The molecule has 1 aliphatic carbocycles. The van der Waals surface area contributed by atoms with Gasteiger partial charge in [-0.3, -0.25) is 19.9 Å². The van der Waals surface area contributed by atoms with Crippen LogP contribution in [-0.2, 0) is 4.79 Å². The number of aromatic nitrogens is 6. The van der Waals surface area contributed by atoms with Gasteiger partial charge in [-0.25, -0.2) is 4.98 Å². The van der Waals surface area contributed by atoms with Crippen molar-refractivity contribution in [1.29, 1.82) is 0 Å². The molecule has 8 nitrogen and oxygen atoms in total. The Balaban J connectivity index is 1.23. The van der Waals surface area contributed by atoms with Gasteiger partial charge >= 0.3 is 0 Å². The molecule has 1 fully saturated rings. The molecular formula is C29H25N7OS. The van der Waals surface area contributed by atoms with Crippen LogP contribution in [0.1, 0.15) is 32.1 Å². The van der Waals surface area contributed by atoms with Gasteiger partial charge in [-0.05, 0) is 54.6 Å². The largest absolute Gasteiger partial charge is 0.353 e. The Kier molecular flexibility index (Phi) is 5.70. The lowest BCUT2D eigenvalue weighted by Crippen LogP contribution is -2.24. The number of hydrogen-bond acceptors (Lipinski definition) is 6. The predicted octanol–water partition coefficient (Wildman–Crippen LogP) is 6.81. The predicted molar refractivity (Wildman–Crippen MR) is 151 cm³/mol. The van der Waals surface area contributed by atoms with Crippen molar-refractivity contribution >= 4 is 44.9 Å². The molecule has 1 amide bonds. The fourth-order valence-electron chi connectivity index (χ4n) is 5.30. The fourth-order valence-corrected chi connectivity index (χ4v) is 6.03. The van der Waals surface area contributed by atoms with E-state index in [2.05, 4.69) is 48.0 Å². The molecular weight excluding hydrogens is 494 g/mol. The Morgan fingerprint density at radius 1 is 1.00 bits per heavy atom. The second kappa shape index (κ2) is 9.50. The summed E-state index contributed by atoms with van der Waals surface area (Å²) >= 11 is 1.67. The number of H-pyrrole nitrogens is 2. The van der Waals surface area contributed by atoms with E-state index in [-0.39, 0.29) is 11.8 Å². The number of pyridine rings is 3. The van der Waals surface area contributed by atoms with Gasteiger partial charge in [0.1, 0.15) is 11.2 Å². The SMILES string of the molecule is O=C(Nc1cncc(-c2ccc3[nH]nc(-c4cc5c(-c6cccs6)nccc5[nH]4)c3n2)c1)C1CCCCC1. The van der Waals surface area contributed by atoms with Crippen LogP contribution in [0.5, 0.6) is 0 Å². The monoisotopic (exact) mass is 519 g/mol. The van der Waals surface area contributed by atoms with Crippen molar-refractivity contribution in [2.75, 3.05) is 5.32 Å². The minimum Gasteiger partial charge on any atom is -0.353 e. The Labute approximate surface area is 222 Å². The molecule has 6 aromatic rings. The van der Waals surface area contributed by atoms with E-state index in [1.165, 1.54) is 6.42 Å².